The fourth-order valence-corrected chi connectivity index (χ4v) is 4.14. The van der Waals surface area contributed by atoms with Crippen molar-refractivity contribution < 1.29 is 9.21 Å². The quantitative estimate of drug-likeness (QED) is 0.494. The summed E-state index contributed by atoms with van der Waals surface area (Å²) in [7, 11) is 4.09. The third kappa shape index (κ3) is 5.73. The van der Waals surface area contributed by atoms with Gasteiger partial charge in [-0.3, -0.25) is 9.69 Å². The minimum atomic E-state index is 0.335. The molecular formula is C21H28N2O2S. The molecule has 2 heterocycles. The molecule has 0 saturated heterocycles. The number of Topliss-reactive ketones (excluding diaryl/α,β-unsaturated/α-hetero) is 1. The third-order valence-electron chi connectivity index (χ3n) is 4.50. The van der Waals surface area contributed by atoms with Crippen LogP contribution in [0.2, 0.25) is 0 Å². The van der Waals surface area contributed by atoms with Crippen LogP contribution in [0.3, 0.4) is 0 Å². The van der Waals surface area contributed by atoms with Gasteiger partial charge in [-0.05, 0) is 56.5 Å². The van der Waals surface area contributed by atoms with Gasteiger partial charge in [-0.1, -0.05) is 18.2 Å². The van der Waals surface area contributed by atoms with Gasteiger partial charge >= 0.3 is 0 Å². The van der Waals surface area contributed by atoms with Crippen molar-refractivity contribution in [3.8, 4) is 0 Å². The molecule has 0 fully saturated rings. The van der Waals surface area contributed by atoms with Gasteiger partial charge in [0.25, 0.3) is 0 Å². The Hall–Kier alpha value is -1.56. The standard InChI is InChI=1S/C21H28N2O2S/c1-22(2)15-19-13-17-10-11-23(16-21(17)25-19)14-18(24)7-6-12-26-20-8-4-3-5-9-20/h3-5,8-9,13H,6-7,10-12,14-16H2,1-2H3. The highest BCUT2D eigenvalue weighted by atomic mass is 32.2. The molecule has 1 aromatic carbocycles. The smallest absolute Gasteiger partial charge is 0.146 e. The van der Waals surface area contributed by atoms with E-state index in [2.05, 4.69) is 40.1 Å². The number of hydrogen-bond donors (Lipinski definition) is 0. The number of furan rings is 1. The zero-order valence-electron chi connectivity index (χ0n) is 15.7. The molecule has 0 radical (unpaired) electrons. The Bertz CT molecular complexity index is 712. The predicted octanol–water partition coefficient (Wildman–Crippen LogP) is 3.84. The molecule has 0 amide bonds. The first kappa shape index (κ1) is 19.2. The highest BCUT2D eigenvalue weighted by Crippen LogP contribution is 2.24. The molecule has 0 spiro atoms. The Morgan fingerprint density at radius 1 is 1.27 bits per heavy atom. The number of hydrogen-bond acceptors (Lipinski definition) is 5. The molecule has 2 aromatic rings. The van der Waals surface area contributed by atoms with Gasteiger partial charge in [0.15, 0.2) is 0 Å². The van der Waals surface area contributed by atoms with E-state index in [9.17, 15) is 4.79 Å². The van der Waals surface area contributed by atoms with Crippen molar-refractivity contribution in [1.82, 2.24) is 9.80 Å². The minimum absolute atomic E-state index is 0.335. The minimum Gasteiger partial charge on any atom is -0.463 e. The molecule has 0 aliphatic carbocycles. The fraction of sp³-hybridized carbons (Fsp3) is 0.476. The summed E-state index contributed by atoms with van der Waals surface area (Å²) in [5, 5.41) is 0. The Balaban J connectivity index is 1.39. The number of rotatable bonds is 9. The number of benzene rings is 1. The maximum Gasteiger partial charge on any atom is 0.146 e. The summed E-state index contributed by atoms with van der Waals surface area (Å²) in [6.45, 7) is 3.07. The summed E-state index contributed by atoms with van der Waals surface area (Å²) >= 11 is 1.82. The summed E-state index contributed by atoms with van der Waals surface area (Å²) in [6, 6.07) is 12.5. The van der Waals surface area contributed by atoms with Crippen LogP contribution in [0.5, 0.6) is 0 Å². The van der Waals surface area contributed by atoms with Crippen LogP contribution in [-0.4, -0.2) is 48.5 Å². The topological polar surface area (TPSA) is 36.7 Å². The van der Waals surface area contributed by atoms with Crippen molar-refractivity contribution in [2.45, 2.75) is 37.2 Å². The molecule has 140 valence electrons. The van der Waals surface area contributed by atoms with Crippen LogP contribution in [-0.2, 0) is 24.3 Å². The van der Waals surface area contributed by atoms with E-state index in [0.717, 1.165) is 49.7 Å². The van der Waals surface area contributed by atoms with E-state index in [0.29, 0.717) is 18.7 Å². The molecule has 26 heavy (non-hydrogen) atoms. The van der Waals surface area contributed by atoms with Crippen LogP contribution in [0.4, 0.5) is 0 Å². The molecule has 0 saturated carbocycles. The summed E-state index contributed by atoms with van der Waals surface area (Å²) in [5.74, 6) is 3.39. The Morgan fingerprint density at radius 3 is 2.85 bits per heavy atom. The second-order valence-electron chi connectivity index (χ2n) is 7.16. The Labute approximate surface area is 160 Å². The second-order valence-corrected chi connectivity index (χ2v) is 8.33. The van der Waals surface area contributed by atoms with Crippen LogP contribution in [0.15, 0.2) is 45.7 Å². The Morgan fingerprint density at radius 2 is 2.08 bits per heavy atom. The fourth-order valence-electron chi connectivity index (χ4n) is 3.26. The molecule has 1 aliphatic heterocycles. The van der Waals surface area contributed by atoms with Crippen LogP contribution in [0.1, 0.15) is 29.9 Å². The van der Waals surface area contributed by atoms with E-state index in [1.54, 1.807) is 0 Å². The molecule has 3 rings (SSSR count). The van der Waals surface area contributed by atoms with Gasteiger partial charge in [0.05, 0.1) is 19.6 Å². The summed E-state index contributed by atoms with van der Waals surface area (Å²) in [4.78, 5) is 17.9. The van der Waals surface area contributed by atoms with Gasteiger partial charge in [-0.25, -0.2) is 0 Å². The summed E-state index contributed by atoms with van der Waals surface area (Å²) < 4.78 is 5.98. The van der Waals surface area contributed by atoms with Gasteiger partial charge in [0.1, 0.15) is 17.3 Å². The van der Waals surface area contributed by atoms with E-state index in [4.69, 9.17) is 4.42 Å². The van der Waals surface area contributed by atoms with Crippen molar-refractivity contribution in [3.05, 3.63) is 53.5 Å². The van der Waals surface area contributed by atoms with Crippen molar-refractivity contribution in [2.24, 2.45) is 0 Å². The highest BCUT2D eigenvalue weighted by Gasteiger charge is 2.22. The molecule has 1 aliphatic rings. The van der Waals surface area contributed by atoms with E-state index in [1.165, 1.54) is 10.5 Å². The first-order chi connectivity index (χ1) is 12.6. The van der Waals surface area contributed by atoms with E-state index in [1.807, 2.05) is 31.9 Å². The maximum absolute atomic E-state index is 12.3. The highest BCUT2D eigenvalue weighted by molar-refractivity contribution is 7.99. The zero-order valence-corrected chi connectivity index (χ0v) is 16.6. The average Bonchev–Trinajstić information content (AvgIpc) is 3.00. The molecule has 0 N–H and O–H groups in total. The zero-order chi connectivity index (χ0) is 18.4. The number of carbonyl (C=O) groups is 1. The molecule has 0 unspecified atom stereocenters. The van der Waals surface area contributed by atoms with E-state index in [-0.39, 0.29) is 0 Å². The number of fused-ring (bicyclic) bond motifs is 1. The normalized spacial score (nSPS) is 14.6. The average molecular weight is 373 g/mol. The van der Waals surface area contributed by atoms with Crippen LogP contribution in [0.25, 0.3) is 0 Å². The van der Waals surface area contributed by atoms with Gasteiger partial charge in [0, 0.05) is 17.9 Å². The number of ketones is 1. The van der Waals surface area contributed by atoms with Crippen LogP contribution in [0, 0.1) is 0 Å². The Kier molecular flexibility index (Phi) is 6.94. The number of nitrogens with zero attached hydrogens (tertiary/aromatic N) is 2. The van der Waals surface area contributed by atoms with Gasteiger partial charge in [0.2, 0.25) is 0 Å². The largest absolute Gasteiger partial charge is 0.463 e. The lowest BCUT2D eigenvalue weighted by atomic mass is 10.1. The van der Waals surface area contributed by atoms with Gasteiger partial charge < -0.3 is 9.32 Å². The van der Waals surface area contributed by atoms with Crippen molar-refractivity contribution >= 4 is 17.5 Å². The van der Waals surface area contributed by atoms with Crippen molar-refractivity contribution in [1.29, 1.82) is 0 Å². The molecular weight excluding hydrogens is 344 g/mol. The number of carbonyl (C=O) groups excluding carboxylic acids is 1. The number of thioether (sulfide) groups is 1. The molecule has 0 bridgehead atoms. The molecule has 5 heteroatoms. The predicted molar refractivity (Wildman–Crippen MR) is 106 cm³/mol. The SMILES string of the molecule is CN(C)Cc1cc2c(o1)CN(CC(=O)CCCSc1ccccc1)CC2. The van der Waals surface area contributed by atoms with Crippen molar-refractivity contribution in [3.63, 3.8) is 0 Å². The monoisotopic (exact) mass is 372 g/mol. The first-order valence-corrected chi connectivity index (χ1v) is 10.3. The van der Waals surface area contributed by atoms with E-state index < -0.39 is 0 Å². The summed E-state index contributed by atoms with van der Waals surface area (Å²) in [5.41, 5.74) is 1.31. The van der Waals surface area contributed by atoms with Crippen LogP contribution >= 0.6 is 11.8 Å². The molecule has 0 atom stereocenters. The first-order valence-electron chi connectivity index (χ1n) is 9.27. The lowest BCUT2D eigenvalue weighted by Gasteiger charge is -2.24. The lowest BCUT2D eigenvalue weighted by molar-refractivity contribution is -0.120. The molecule has 4 nitrogen and oxygen atoms in total. The van der Waals surface area contributed by atoms with Crippen molar-refractivity contribution in [2.75, 3.05) is 32.9 Å². The lowest BCUT2D eigenvalue weighted by Crippen LogP contribution is -2.34. The van der Waals surface area contributed by atoms with E-state index >= 15 is 0 Å². The molecule has 1 aromatic heterocycles. The van der Waals surface area contributed by atoms with Gasteiger partial charge in [-0.15, -0.1) is 11.8 Å². The van der Waals surface area contributed by atoms with Gasteiger partial charge in [-0.2, -0.15) is 0 Å². The third-order valence-corrected chi connectivity index (χ3v) is 5.59. The second kappa shape index (κ2) is 9.40. The maximum atomic E-state index is 12.3. The van der Waals surface area contributed by atoms with Crippen LogP contribution < -0.4 is 0 Å². The summed E-state index contributed by atoms with van der Waals surface area (Å²) in [6.07, 6.45) is 2.57.